The maximum atomic E-state index is 10.6. The van der Waals surface area contributed by atoms with Crippen molar-refractivity contribution >= 4 is 11.1 Å². The van der Waals surface area contributed by atoms with Crippen molar-refractivity contribution in [3.8, 4) is 0 Å². The molecule has 0 fully saturated rings. The predicted octanol–water partition coefficient (Wildman–Crippen LogP) is 1.26. The van der Waals surface area contributed by atoms with E-state index in [-0.39, 0.29) is 0 Å². The van der Waals surface area contributed by atoms with Crippen LogP contribution < -0.4 is 0 Å². The largest absolute Gasteiger partial charge is 0.286 e. The van der Waals surface area contributed by atoms with Gasteiger partial charge in [0.15, 0.2) is 11.1 Å². The van der Waals surface area contributed by atoms with Gasteiger partial charge in [0.1, 0.15) is 0 Å². The smallest absolute Gasteiger partial charge is 0.155 e. The topological polar surface area (TPSA) is 26.3 Å². The van der Waals surface area contributed by atoms with Gasteiger partial charge >= 0.3 is 0 Å². The summed E-state index contributed by atoms with van der Waals surface area (Å²) in [6.07, 6.45) is 2.48. The van der Waals surface area contributed by atoms with E-state index in [9.17, 15) is 4.21 Å². The summed E-state index contributed by atoms with van der Waals surface area (Å²) >= 11 is -1.09. The summed E-state index contributed by atoms with van der Waals surface area (Å²) in [5, 5.41) is 0. The SMILES string of the molecule is C=CCOS(=O)CCC. The second kappa shape index (κ2) is 5.98. The first-order chi connectivity index (χ1) is 4.31. The van der Waals surface area contributed by atoms with Gasteiger partial charge in [-0.2, -0.15) is 0 Å². The van der Waals surface area contributed by atoms with Crippen LogP contribution in [0.25, 0.3) is 0 Å². The maximum absolute atomic E-state index is 10.6. The molecule has 0 heterocycles. The highest BCUT2D eigenvalue weighted by Gasteiger charge is 1.93. The van der Waals surface area contributed by atoms with Crippen LogP contribution in [-0.2, 0) is 15.3 Å². The van der Waals surface area contributed by atoms with Crippen molar-refractivity contribution in [1.82, 2.24) is 0 Å². The zero-order valence-electron chi connectivity index (χ0n) is 5.63. The lowest BCUT2D eigenvalue weighted by atomic mass is 10.6. The minimum Gasteiger partial charge on any atom is -0.286 e. The summed E-state index contributed by atoms with van der Waals surface area (Å²) in [6.45, 7) is 5.78. The average Bonchev–Trinajstić information content (AvgIpc) is 1.85. The molecule has 0 amide bonds. The van der Waals surface area contributed by atoms with Crippen LogP contribution in [0, 0.1) is 0 Å². The Morgan fingerprint density at radius 2 is 2.44 bits per heavy atom. The highest BCUT2D eigenvalue weighted by atomic mass is 32.2. The van der Waals surface area contributed by atoms with Crippen molar-refractivity contribution in [2.75, 3.05) is 12.4 Å². The fourth-order valence-corrected chi connectivity index (χ4v) is 1.05. The van der Waals surface area contributed by atoms with E-state index in [0.29, 0.717) is 12.4 Å². The van der Waals surface area contributed by atoms with E-state index >= 15 is 0 Å². The van der Waals surface area contributed by atoms with E-state index in [1.165, 1.54) is 0 Å². The monoisotopic (exact) mass is 148 g/mol. The van der Waals surface area contributed by atoms with Crippen molar-refractivity contribution in [2.24, 2.45) is 0 Å². The molecule has 2 nitrogen and oxygen atoms in total. The minimum atomic E-state index is -1.09. The molecule has 0 aromatic rings. The van der Waals surface area contributed by atoms with Crippen LogP contribution in [0.2, 0.25) is 0 Å². The molecule has 54 valence electrons. The van der Waals surface area contributed by atoms with Crippen LogP contribution in [0.1, 0.15) is 13.3 Å². The van der Waals surface area contributed by atoms with E-state index in [4.69, 9.17) is 4.18 Å². The van der Waals surface area contributed by atoms with Gasteiger partial charge in [0.2, 0.25) is 0 Å². The lowest BCUT2D eigenvalue weighted by molar-refractivity contribution is 0.395. The Hall–Kier alpha value is -0.150. The quantitative estimate of drug-likeness (QED) is 0.549. The van der Waals surface area contributed by atoms with Crippen LogP contribution in [0.4, 0.5) is 0 Å². The van der Waals surface area contributed by atoms with E-state index in [0.717, 1.165) is 6.42 Å². The van der Waals surface area contributed by atoms with Gasteiger partial charge in [0.25, 0.3) is 0 Å². The van der Waals surface area contributed by atoms with Gasteiger partial charge in [-0.15, -0.1) is 6.58 Å². The third-order valence-corrected chi connectivity index (χ3v) is 1.83. The molecule has 3 heteroatoms. The molecule has 0 aliphatic carbocycles. The minimum absolute atomic E-state index is 0.382. The summed E-state index contributed by atoms with van der Waals surface area (Å²) in [5.74, 6) is 0.619. The fraction of sp³-hybridized carbons (Fsp3) is 0.667. The molecule has 0 N–H and O–H groups in total. The first-order valence-corrected chi connectivity index (χ1v) is 4.18. The predicted molar refractivity (Wildman–Crippen MR) is 39.4 cm³/mol. The molecule has 0 aromatic heterocycles. The van der Waals surface area contributed by atoms with Gasteiger partial charge in [0.05, 0.1) is 6.61 Å². The molecule has 0 saturated heterocycles. The van der Waals surface area contributed by atoms with Crippen molar-refractivity contribution < 1.29 is 8.39 Å². The molecule has 1 unspecified atom stereocenters. The molecule has 0 rings (SSSR count). The molecule has 0 aliphatic rings. The summed E-state index contributed by atoms with van der Waals surface area (Å²) in [5.41, 5.74) is 0. The Morgan fingerprint density at radius 3 is 2.89 bits per heavy atom. The zero-order chi connectivity index (χ0) is 7.11. The van der Waals surface area contributed by atoms with Crippen molar-refractivity contribution in [1.29, 1.82) is 0 Å². The van der Waals surface area contributed by atoms with E-state index < -0.39 is 11.1 Å². The standard InChI is InChI=1S/C6H12O2S/c1-3-5-8-9(7)6-4-2/h3H,1,4-6H2,2H3. The van der Waals surface area contributed by atoms with Crippen LogP contribution in [0.5, 0.6) is 0 Å². The second-order valence-corrected chi connectivity index (χ2v) is 2.83. The zero-order valence-corrected chi connectivity index (χ0v) is 6.45. The third kappa shape index (κ3) is 5.73. The maximum Gasteiger partial charge on any atom is 0.155 e. The third-order valence-electron chi connectivity index (χ3n) is 0.688. The Morgan fingerprint density at radius 1 is 1.78 bits per heavy atom. The van der Waals surface area contributed by atoms with Gasteiger partial charge in [-0.1, -0.05) is 13.0 Å². The Kier molecular flexibility index (Phi) is 5.88. The highest BCUT2D eigenvalue weighted by molar-refractivity contribution is 7.80. The van der Waals surface area contributed by atoms with Crippen LogP contribution in [0.15, 0.2) is 12.7 Å². The molecule has 9 heavy (non-hydrogen) atoms. The fourth-order valence-electron chi connectivity index (χ4n) is 0.350. The second-order valence-electron chi connectivity index (χ2n) is 1.58. The summed E-state index contributed by atoms with van der Waals surface area (Å²) in [4.78, 5) is 0. The Labute approximate surface area is 58.6 Å². The van der Waals surface area contributed by atoms with Crippen molar-refractivity contribution in [3.63, 3.8) is 0 Å². The highest BCUT2D eigenvalue weighted by Crippen LogP contribution is 1.88. The molecule has 1 atom stereocenters. The van der Waals surface area contributed by atoms with Crippen molar-refractivity contribution in [3.05, 3.63) is 12.7 Å². The number of hydrogen-bond acceptors (Lipinski definition) is 2. The summed E-state index contributed by atoms with van der Waals surface area (Å²) < 4.78 is 15.4. The summed E-state index contributed by atoms with van der Waals surface area (Å²) in [6, 6.07) is 0. The van der Waals surface area contributed by atoms with E-state index in [1.807, 2.05) is 6.92 Å². The molecular weight excluding hydrogens is 136 g/mol. The lowest BCUT2D eigenvalue weighted by Crippen LogP contribution is -2.00. The van der Waals surface area contributed by atoms with Gasteiger partial charge < -0.3 is 0 Å². The molecule has 0 radical (unpaired) electrons. The lowest BCUT2D eigenvalue weighted by Gasteiger charge is -1.95. The van der Waals surface area contributed by atoms with Crippen molar-refractivity contribution in [2.45, 2.75) is 13.3 Å². The first kappa shape index (κ1) is 8.85. The van der Waals surface area contributed by atoms with Gasteiger partial charge in [-0.25, -0.2) is 4.21 Å². The molecule has 0 saturated carbocycles. The summed E-state index contributed by atoms with van der Waals surface area (Å²) in [7, 11) is 0. The normalized spacial score (nSPS) is 13.0. The first-order valence-electron chi connectivity index (χ1n) is 2.93. The van der Waals surface area contributed by atoms with Gasteiger partial charge in [-0.3, -0.25) is 4.18 Å². The van der Waals surface area contributed by atoms with Crippen LogP contribution >= 0.6 is 0 Å². The van der Waals surface area contributed by atoms with E-state index in [1.54, 1.807) is 6.08 Å². The molecule has 0 bridgehead atoms. The van der Waals surface area contributed by atoms with Gasteiger partial charge in [-0.05, 0) is 6.42 Å². The molecule has 0 spiro atoms. The average molecular weight is 148 g/mol. The van der Waals surface area contributed by atoms with Crippen LogP contribution in [-0.4, -0.2) is 16.6 Å². The molecule has 0 aliphatic heterocycles. The number of hydrogen-bond donors (Lipinski definition) is 0. The molecule has 0 aromatic carbocycles. The molecular formula is C6H12O2S. The van der Waals surface area contributed by atoms with Gasteiger partial charge in [0, 0.05) is 5.75 Å². The van der Waals surface area contributed by atoms with E-state index in [2.05, 4.69) is 6.58 Å². The Bertz CT molecular complexity index is 101. The number of rotatable bonds is 5. The van der Waals surface area contributed by atoms with Crippen LogP contribution in [0.3, 0.4) is 0 Å². The Balaban J connectivity index is 3.16.